The van der Waals surface area contributed by atoms with E-state index in [0.29, 0.717) is 22.6 Å². The number of hydrogen-bond acceptors (Lipinski definition) is 5. The maximum absolute atomic E-state index is 13.4. The summed E-state index contributed by atoms with van der Waals surface area (Å²) in [4.78, 5) is 18.1. The van der Waals surface area contributed by atoms with Crippen molar-refractivity contribution >= 4 is 11.5 Å². The van der Waals surface area contributed by atoms with E-state index in [9.17, 15) is 4.79 Å². The van der Waals surface area contributed by atoms with Crippen LogP contribution in [0.25, 0.3) is 5.82 Å². The predicted molar refractivity (Wildman–Crippen MR) is 116 cm³/mol. The van der Waals surface area contributed by atoms with Crippen molar-refractivity contribution in [1.29, 1.82) is 5.41 Å². The molecule has 3 aliphatic rings. The Kier molecular flexibility index (Phi) is 4.97. The summed E-state index contributed by atoms with van der Waals surface area (Å²) < 4.78 is 3.61. The third kappa shape index (κ3) is 3.26. The Morgan fingerprint density at radius 2 is 1.90 bits per heavy atom. The van der Waals surface area contributed by atoms with Crippen LogP contribution >= 0.6 is 0 Å². The van der Waals surface area contributed by atoms with Crippen molar-refractivity contribution in [3.8, 4) is 0 Å². The molecule has 0 amide bonds. The summed E-state index contributed by atoms with van der Waals surface area (Å²) in [5, 5.41) is 16.3. The van der Waals surface area contributed by atoms with Crippen LogP contribution < -0.4 is 32.5 Å². The minimum atomic E-state index is -0.174. The quantitative estimate of drug-likeness (QED) is 0.701. The number of aromatic nitrogens is 2. The van der Waals surface area contributed by atoms with Crippen molar-refractivity contribution in [1.82, 2.24) is 14.5 Å². The van der Waals surface area contributed by atoms with Crippen molar-refractivity contribution in [2.75, 3.05) is 11.9 Å². The zero-order valence-electron chi connectivity index (χ0n) is 17.5. The summed E-state index contributed by atoms with van der Waals surface area (Å²) in [6.07, 6.45) is 8.18. The second-order valence-electron chi connectivity index (χ2n) is 8.85. The molecule has 0 spiro atoms. The highest BCUT2D eigenvalue weighted by Crippen LogP contribution is 2.32. The predicted octanol–water partition coefficient (Wildman–Crippen LogP) is 1.35. The number of fused-ring (bicyclic) bond motifs is 3. The van der Waals surface area contributed by atoms with E-state index in [4.69, 9.17) is 10.4 Å². The summed E-state index contributed by atoms with van der Waals surface area (Å²) in [6, 6.07) is 10.3. The molecule has 2 fully saturated rings. The molecule has 0 bridgehead atoms. The number of anilines is 1. The highest BCUT2D eigenvalue weighted by atomic mass is 16.1. The first-order valence-corrected chi connectivity index (χ1v) is 11.2. The molecule has 0 saturated heterocycles. The fourth-order valence-electron chi connectivity index (χ4n) is 5.27. The molecule has 3 N–H and O–H groups in total. The molecule has 5 rings (SSSR count). The van der Waals surface area contributed by atoms with Gasteiger partial charge in [0.05, 0.1) is 12.1 Å². The van der Waals surface area contributed by atoms with Gasteiger partial charge in [-0.15, -0.1) is 0 Å². The first kappa shape index (κ1) is 19.2. The molecular weight excluding hydrogens is 376 g/mol. The third-order valence-electron chi connectivity index (χ3n) is 6.90. The lowest BCUT2D eigenvalue weighted by molar-refractivity contribution is 0.465. The van der Waals surface area contributed by atoms with Gasteiger partial charge in [-0.3, -0.25) is 19.3 Å². The van der Waals surface area contributed by atoms with E-state index in [-0.39, 0.29) is 23.1 Å². The zero-order valence-corrected chi connectivity index (χ0v) is 17.5. The number of nitrogens with one attached hydrogen (secondary N) is 3. The molecule has 7 heteroatoms. The van der Waals surface area contributed by atoms with Crippen molar-refractivity contribution in [3.63, 3.8) is 0 Å². The number of nitrogens with zero attached hydrogens (tertiary/aromatic N) is 3. The second-order valence-corrected chi connectivity index (χ2v) is 8.85. The molecule has 2 atom stereocenters. The van der Waals surface area contributed by atoms with E-state index in [1.807, 2.05) is 34.9 Å². The maximum atomic E-state index is 13.4. The van der Waals surface area contributed by atoms with Crippen molar-refractivity contribution in [2.24, 2.45) is 18.0 Å². The Labute approximate surface area is 175 Å². The SMILES string of the molecule is Cn1c(=O)c(=C(NCC2CCCC2)Nc2ccccc2)c(=N)n2c1=NC1CCCC12. The minimum absolute atomic E-state index is 0.174. The lowest BCUT2D eigenvalue weighted by Gasteiger charge is -2.18. The highest BCUT2D eigenvalue weighted by molar-refractivity contribution is 5.62. The number of benzene rings is 1. The maximum Gasteiger partial charge on any atom is 0.267 e. The number of rotatable bonds is 5. The fourth-order valence-corrected chi connectivity index (χ4v) is 5.27. The summed E-state index contributed by atoms with van der Waals surface area (Å²) in [6.45, 7) is 0.815. The van der Waals surface area contributed by atoms with Crippen LogP contribution in [0, 0.1) is 11.3 Å². The Bertz CT molecular complexity index is 1170. The highest BCUT2D eigenvalue weighted by Gasteiger charge is 2.35. The molecule has 158 valence electrons. The molecule has 2 aromatic rings. The second kappa shape index (κ2) is 7.78. The molecule has 2 aliphatic carbocycles. The van der Waals surface area contributed by atoms with Gasteiger partial charge in [-0.2, -0.15) is 0 Å². The molecule has 1 aliphatic heterocycles. The molecule has 30 heavy (non-hydrogen) atoms. The van der Waals surface area contributed by atoms with Crippen molar-refractivity contribution in [3.05, 3.63) is 57.0 Å². The van der Waals surface area contributed by atoms with Gasteiger partial charge in [0.2, 0.25) is 5.62 Å². The lowest BCUT2D eigenvalue weighted by atomic mass is 10.1. The molecule has 2 saturated carbocycles. The van der Waals surface area contributed by atoms with Gasteiger partial charge in [-0.05, 0) is 50.2 Å². The Balaban J connectivity index is 1.66. The number of hydrogen-bond donors (Lipinski definition) is 3. The van der Waals surface area contributed by atoms with Crippen LogP contribution in [-0.2, 0) is 7.05 Å². The van der Waals surface area contributed by atoms with E-state index in [0.717, 1.165) is 31.5 Å². The van der Waals surface area contributed by atoms with E-state index >= 15 is 0 Å². The summed E-state index contributed by atoms with van der Waals surface area (Å²) >= 11 is 0. The van der Waals surface area contributed by atoms with Gasteiger partial charge >= 0.3 is 0 Å². The van der Waals surface area contributed by atoms with Crippen LogP contribution in [0.5, 0.6) is 0 Å². The van der Waals surface area contributed by atoms with E-state index in [1.54, 1.807) is 11.6 Å². The van der Waals surface area contributed by atoms with Crippen LogP contribution in [0.4, 0.5) is 5.69 Å². The molecule has 1 aromatic heterocycles. The summed E-state index contributed by atoms with van der Waals surface area (Å²) in [5.74, 6) is 1.25. The lowest BCUT2D eigenvalue weighted by Crippen LogP contribution is -2.59. The van der Waals surface area contributed by atoms with E-state index in [2.05, 4.69) is 10.6 Å². The van der Waals surface area contributed by atoms with Gasteiger partial charge in [0, 0.05) is 19.3 Å². The molecular formula is C23H30N6O. The van der Waals surface area contributed by atoms with Gasteiger partial charge in [0.1, 0.15) is 16.5 Å². The van der Waals surface area contributed by atoms with Crippen LogP contribution in [-0.4, -0.2) is 21.7 Å². The summed E-state index contributed by atoms with van der Waals surface area (Å²) in [5.41, 5.74) is 1.64. The van der Waals surface area contributed by atoms with Crippen molar-refractivity contribution in [2.45, 2.75) is 57.0 Å². The average molecular weight is 407 g/mol. The smallest absolute Gasteiger partial charge is 0.267 e. The fraction of sp³-hybridized carbons (Fsp3) is 0.522. The number of para-hydroxylation sites is 1. The standard InChI is InChI=1S/C23H30N6O/c1-28-22(30)19(20(24)29-18-13-7-12-17(18)27-23(28)29)21(25-14-15-8-5-6-9-15)26-16-10-3-2-4-11-16/h2-4,10-11,15,17-18,24-26H,5-9,12-14H2,1H3. The molecule has 2 unspecified atom stereocenters. The van der Waals surface area contributed by atoms with Gasteiger partial charge in [0.25, 0.3) is 5.56 Å². The molecule has 0 radical (unpaired) electrons. The van der Waals surface area contributed by atoms with Gasteiger partial charge in [-0.1, -0.05) is 31.0 Å². The van der Waals surface area contributed by atoms with Crippen LogP contribution in [0.3, 0.4) is 0 Å². The van der Waals surface area contributed by atoms with Crippen LogP contribution in [0.15, 0.2) is 40.1 Å². The molecule has 2 heterocycles. The van der Waals surface area contributed by atoms with E-state index in [1.165, 1.54) is 25.7 Å². The van der Waals surface area contributed by atoms with Gasteiger partial charge in [-0.25, -0.2) is 4.99 Å². The first-order chi connectivity index (χ1) is 14.6. The van der Waals surface area contributed by atoms with Gasteiger partial charge in [0.15, 0.2) is 0 Å². The van der Waals surface area contributed by atoms with Crippen molar-refractivity contribution < 1.29 is 0 Å². The molecule has 7 nitrogen and oxygen atoms in total. The topological polar surface area (TPSA) is 87.2 Å². The monoisotopic (exact) mass is 406 g/mol. The Hall–Kier alpha value is -2.83. The normalized spacial score (nSPS) is 23.6. The van der Waals surface area contributed by atoms with Crippen LogP contribution in [0.1, 0.15) is 51.0 Å². The third-order valence-corrected chi connectivity index (χ3v) is 6.90. The largest absolute Gasteiger partial charge is 0.371 e. The van der Waals surface area contributed by atoms with Gasteiger partial charge < -0.3 is 10.6 Å². The zero-order chi connectivity index (χ0) is 20.7. The minimum Gasteiger partial charge on any atom is -0.371 e. The average Bonchev–Trinajstić information content (AvgIpc) is 3.48. The Morgan fingerprint density at radius 1 is 1.13 bits per heavy atom. The first-order valence-electron chi connectivity index (χ1n) is 11.2. The van der Waals surface area contributed by atoms with E-state index < -0.39 is 0 Å². The molecule has 1 aromatic carbocycles. The van der Waals surface area contributed by atoms with Crippen LogP contribution in [0.2, 0.25) is 0 Å². The summed E-state index contributed by atoms with van der Waals surface area (Å²) in [7, 11) is 1.78. The Morgan fingerprint density at radius 3 is 2.67 bits per heavy atom.